The summed E-state index contributed by atoms with van der Waals surface area (Å²) in [4.78, 5) is 0. The van der Waals surface area contributed by atoms with Crippen molar-refractivity contribution in [2.24, 2.45) is 0 Å². The molecule has 0 aromatic rings. The second-order valence-electron chi connectivity index (χ2n) is 1.29. The van der Waals surface area contributed by atoms with Crippen LogP contribution < -0.4 is 0 Å². The molecule has 0 spiro atoms. The average Bonchev–Trinajstić information content (AvgIpc) is 1.64. The van der Waals surface area contributed by atoms with Crippen LogP contribution in [0.3, 0.4) is 0 Å². The quantitative estimate of drug-likeness (QED) is 0.443. The van der Waals surface area contributed by atoms with Gasteiger partial charge >= 0.3 is 17.8 Å². The topological polar surface area (TPSA) is 17.1 Å². The Bertz CT molecular complexity index is 100. The summed E-state index contributed by atoms with van der Waals surface area (Å²) in [6, 6.07) is 0. The van der Waals surface area contributed by atoms with Gasteiger partial charge in [0, 0.05) is 4.21 Å². The van der Waals surface area contributed by atoms with Gasteiger partial charge in [-0.1, -0.05) is 0 Å². The van der Waals surface area contributed by atoms with Gasteiger partial charge in [-0.05, 0) is 0 Å². The number of alkyl halides is 4. The second kappa shape index (κ2) is 3.05. The summed E-state index contributed by atoms with van der Waals surface area (Å²) >= 11 is -0.408. The summed E-state index contributed by atoms with van der Waals surface area (Å²) < 4.78 is 54.3. The Balaban J connectivity index is 3.72. The summed E-state index contributed by atoms with van der Waals surface area (Å²) in [5.41, 5.74) is 0. The van der Waals surface area contributed by atoms with Gasteiger partial charge in [0.1, 0.15) is 0 Å². The molecular formula is C3H3F4OS+. The van der Waals surface area contributed by atoms with E-state index in [4.69, 9.17) is 0 Å². The van der Waals surface area contributed by atoms with Crippen LogP contribution in [0, 0.1) is 0 Å². The molecule has 0 saturated heterocycles. The number of hydrogen-bond donors (Lipinski definition) is 0. The Morgan fingerprint density at radius 2 is 1.89 bits per heavy atom. The highest BCUT2D eigenvalue weighted by Gasteiger charge is 2.43. The zero-order chi connectivity index (χ0) is 7.49. The minimum Gasteiger partial charge on any atom is -0.231 e. The minimum absolute atomic E-state index is 0.408. The molecule has 0 radical (unpaired) electrons. The van der Waals surface area contributed by atoms with Crippen LogP contribution in [0.5, 0.6) is 0 Å². The molecule has 0 aliphatic rings. The molecule has 0 N–H and O–H groups in total. The van der Waals surface area contributed by atoms with Crippen LogP contribution in [0.1, 0.15) is 0 Å². The molecule has 0 aliphatic heterocycles. The number of halogens is 4. The smallest absolute Gasteiger partial charge is 0.231 e. The fourth-order valence-corrected chi connectivity index (χ4v) is 0.463. The van der Waals surface area contributed by atoms with Crippen LogP contribution in [0.15, 0.2) is 0 Å². The predicted octanol–water partition coefficient (Wildman–Crippen LogP) is 1.31. The maximum Gasteiger partial charge on any atom is 0.462 e. The van der Waals surface area contributed by atoms with E-state index in [1.54, 1.807) is 0 Å². The van der Waals surface area contributed by atoms with E-state index in [9.17, 15) is 21.8 Å². The SMILES string of the molecule is O=[S+]CC(F)C(F)(F)F. The van der Waals surface area contributed by atoms with Crippen molar-refractivity contribution in [3.8, 4) is 0 Å². The molecule has 1 unspecified atom stereocenters. The molecule has 0 aromatic carbocycles. The van der Waals surface area contributed by atoms with Crippen LogP contribution in [-0.4, -0.2) is 18.1 Å². The van der Waals surface area contributed by atoms with Crippen LogP contribution >= 0.6 is 0 Å². The van der Waals surface area contributed by atoms with Crippen molar-refractivity contribution < 1.29 is 21.8 Å². The number of rotatable bonds is 2. The van der Waals surface area contributed by atoms with E-state index in [1.165, 1.54) is 0 Å². The Morgan fingerprint density at radius 3 is 2.00 bits per heavy atom. The number of hydrogen-bond acceptors (Lipinski definition) is 1. The van der Waals surface area contributed by atoms with Crippen LogP contribution in [0.4, 0.5) is 17.6 Å². The molecular weight excluding hydrogens is 160 g/mol. The predicted molar refractivity (Wildman–Crippen MR) is 23.9 cm³/mol. The summed E-state index contributed by atoms with van der Waals surface area (Å²) in [7, 11) is 0. The van der Waals surface area contributed by atoms with Gasteiger partial charge in [-0.3, -0.25) is 0 Å². The van der Waals surface area contributed by atoms with Crippen molar-refractivity contribution in [3.63, 3.8) is 0 Å². The molecule has 0 bridgehead atoms. The van der Waals surface area contributed by atoms with Gasteiger partial charge in [0.05, 0.1) is 0 Å². The van der Waals surface area contributed by atoms with Gasteiger partial charge in [0.25, 0.3) is 11.9 Å². The van der Waals surface area contributed by atoms with Crippen molar-refractivity contribution in [1.29, 1.82) is 0 Å². The standard InChI is InChI=1S/C3H3F4OS/c4-2(1-9-8)3(5,6)7/h2H,1H2/q+1. The summed E-state index contributed by atoms with van der Waals surface area (Å²) in [5, 5.41) is 0. The normalized spacial score (nSPS) is 15.1. The summed E-state index contributed by atoms with van der Waals surface area (Å²) in [6.07, 6.45) is -7.86. The monoisotopic (exact) mass is 163 g/mol. The fourth-order valence-electron chi connectivity index (χ4n) is 0.154. The molecule has 9 heavy (non-hydrogen) atoms. The van der Waals surface area contributed by atoms with E-state index in [0.29, 0.717) is 0 Å². The van der Waals surface area contributed by atoms with E-state index in [0.717, 1.165) is 0 Å². The molecule has 0 aromatic heterocycles. The van der Waals surface area contributed by atoms with Gasteiger partial charge in [-0.15, -0.1) is 0 Å². The molecule has 1 atom stereocenters. The van der Waals surface area contributed by atoms with Crippen LogP contribution in [0.25, 0.3) is 0 Å². The van der Waals surface area contributed by atoms with Crippen molar-refractivity contribution in [2.75, 3.05) is 5.75 Å². The average molecular weight is 163 g/mol. The maximum atomic E-state index is 11.6. The van der Waals surface area contributed by atoms with Gasteiger partial charge in [0.15, 0.2) is 0 Å². The van der Waals surface area contributed by atoms with Crippen LogP contribution in [-0.2, 0) is 15.9 Å². The lowest BCUT2D eigenvalue weighted by Crippen LogP contribution is -2.27. The third-order valence-corrected chi connectivity index (χ3v) is 0.998. The highest BCUT2D eigenvalue weighted by Crippen LogP contribution is 2.22. The van der Waals surface area contributed by atoms with Gasteiger partial charge in [0.2, 0.25) is 0 Å². The summed E-state index contributed by atoms with van der Waals surface area (Å²) in [5.74, 6) is -1.07. The molecule has 0 aliphatic carbocycles. The van der Waals surface area contributed by atoms with E-state index >= 15 is 0 Å². The maximum absolute atomic E-state index is 11.6. The lowest BCUT2D eigenvalue weighted by Gasteiger charge is -2.03. The van der Waals surface area contributed by atoms with E-state index in [2.05, 4.69) is 0 Å². The Labute approximate surface area is 52.5 Å². The highest BCUT2D eigenvalue weighted by molar-refractivity contribution is 7.65. The summed E-state index contributed by atoms with van der Waals surface area (Å²) in [6.45, 7) is 0. The van der Waals surface area contributed by atoms with E-state index in [1.807, 2.05) is 0 Å². The Morgan fingerprint density at radius 1 is 1.44 bits per heavy atom. The van der Waals surface area contributed by atoms with Crippen molar-refractivity contribution in [1.82, 2.24) is 0 Å². The second-order valence-corrected chi connectivity index (χ2v) is 1.86. The molecule has 0 fully saturated rings. The van der Waals surface area contributed by atoms with Crippen LogP contribution in [0.2, 0.25) is 0 Å². The van der Waals surface area contributed by atoms with Crippen molar-refractivity contribution >= 4 is 11.7 Å². The first-order valence-electron chi connectivity index (χ1n) is 1.94. The fraction of sp³-hybridized carbons (Fsp3) is 1.00. The first-order chi connectivity index (χ1) is 3.98. The zero-order valence-electron chi connectivity index (χ0n) is 4.11. The third-order valence-electron chi connectivity index (χ3n) is 0.570. The highest BCUT2D eigenvalue weighted by atomic mass is 32.1. The molecule has 54 valence electrons. The van der Waals surface area contributed by atoms with Gasteiger partial charge < -0.3 is 0 Å². The van der Waals surface area contributed by atoms with Gasteiger partial charge in [-0.25, -0.2) is 4.39 Å². The first-order valence-corrected chi connectivity index (χ1v) is 2.85. The lowest BCUT2D eigenvalue weighted by molar-refractivity contribution is -0.173. The molecule has 0 amide bonds. The van der Waals surface area contributed by atoms with Gasteiger partial charge in [-0.2, -0.15) is 13.2 Å². The Hall–Kier alpha value is -0.260. The Kier molecular flexibility index (Phi) is 2.96. The largest absolute Gasteiger partial charge is 0.462 e. The van der Waals surface area contributed by atoms with E-state index in [-0.39, 0.29) is 0 Å². The molecule has 0 heterocycles. The minimum atomic E-state index is -4.88. The zero-order valence-corrected chi connectivity index (χ0v) is 4.93. The van der Waals surface area contributed by atoms with E-state index < -0.39 is 29.8 Å². The molecule has 0 saturated carbocycles. The van der Waals surface area contributed by atoms with Crippen molar-refractivity contribution in [3.05, 3.63) is 0 Å². The third kappa shape index (κ3) is 3.34. The molecule has 6 heteroatoms. The lowest BCUT2D eigenvalue weighted by atomic mass is 10.4. The first kappa shape index (κ1) is 8.74. The molecule has 1 nitrogen and oxygen atoms in total. The molecule has 0 rings (SSSR count). The van der Waals surface area contributed by atoms with Crippen molar-refractivity contribution in [2.45, 2.75) is 12.3 Å².